The minimum atomic E-state index is -1.03. The number of carbonyl (C=O) groups excluding carboxylic acids is 1. The van der Waals surface area contributed by atoms with E-state index in [-0.39, 0.29) is 19.4 Å². The Hall–Kier alpha value is -3.76. The lowest BCUT2D eigenvalue weighted by Gasteiger charge is -2.31. The summed E-state index contributed by atoms with van der Waals surface area (Å²) in [4.78, 5) is 31.6. The predicted octanol–water partition coefficient (Wildman–Crippen LogP) is 3.18. The van der Waals surface area contributed by atoms with Crippen molar-refractivity contribution in [2.75, 3.05) is 11.9 Å². The molecule has 1 amide bonds. The fraction of sp³-hybridized carbons (Fsp3) is 0.407. The zero-order valence-corrected chi connectivity index (χ0v) is 20.6. The Kier molecular flexibility index (Phi) is 8.52. The summed E-state index contributed by atoms with van der Waals surface area (Å²) >= 11 is 0. The van der Waals surface area contributed by atoms with Gasteiger partial charge in [0.25, 0.3) is 0 Å². The number of carboxylic acid groups (broad SMARTS) is 1. The number of fused-ring (bicyclic) bond motifs is 1. The van der Waals surface area contributed by atoms with Crippen molar-refractivity contribution in [2.45, 2.75) is 63.4 Å². The molecule has 0 unspecified atom stereocenters. The number of rotatable bonds is 9. The summed E-state index contributed by atoms with van der Waals surface area (Å²) < 4.78 is 0. The van der Waals surface area contributed by atoms with Crippen LogP contribution in [0.2, 0.25) is 0 Å². The molecule has 0 aliphatic heterocycles. The van der Waals surface area contributed by atoms with Crippen LogP contribution in [0.3, 0.4) is 0 Å². The largest absolute Gasteiger partial charge is 0.481 e. The fourth-order valence-corrected chi connectivity index (χ4v) is 4.75. The van der Waals surface area contributed by atoms with Crippen LogP contribution in [-0.2, 0) is 22.4 Å². The van der Waals surface area contributed by atoms with Crippen molar-refractivity contribution < 1.29 is 24.9 Å². The molecule has 4 N–H and O–H groups in total. The molecule has 0 aromatic carbocycles. The maximum absolute atomic E-state index is 12.0. The lowest BCUT2D eigenvalue weighted by molar-refractivity contribution is -0.138. The molecular formula is C27H31N5O5. The Morgan fingerprint density at radius 2 is 1.70 bits per heavy atom. The fourth-order valence-electron chi connectivity index (χ4n) is 4.75. The number of amides is 1. The summed E-state index contributed by atoms with van der Waals surface area (Å²) in [6, 6.07) is 9.10. The van der Waals surface area contributed by atoms with Crippen molar-refractivity contribution in [2.24, 2.45) is 0 Å². The van der Waals surface area contributed by atoms with E-state index in [1.165, 1.54) is 6.20 Å². The first-order valence-electron chi connectivity index (χ1n) is 12.5. The van der Waals surface area contributed by atoms with E-state index < -0.39 is 17.5 Å². The van der Waals surface area contributed by atoms with Gasteiger partial charge in [-0.2, -0.15) is 0 Å². The Morgan fingerprint density at radius 1 is 0.946 bits per heavy atom. The molecule has 1 aliphatic carbocycles. The molecule has 194 valence electrons. The molecule has 3 aromatic heterocycles. The molecule has 3 heterocycles. The second-order valence-electron chi connectivity index (χ2n) is 9.35. The average molecular weight is 506 g/mol. The van der Waals surface area contributed by atoms with Gasteiger partial charge < -0.3 is 20.6 Å². The number of aliphatic hydroxyl groups is 2. The maximum atomic E-state index is 12.0. The summed E-state index contributed by atoms with van der Waals surface area (Å²) in [5, 5.41) is 41.0. The van der Waals surface area contributed by atoms with Crippen LogP contribution < -0.4 is 5.32 Å². The summed E-state index contributed by atoms with van der Waals surface area (Å²) in [6.07, 6.45) is 7.14. The molecule has 1 aliphatic rings. The lowest BCUT2D eigenvalue weighted by Crippen LogP contribution is -2.31. The van der Waals surface area contributed by atoms with Gasteiger partial charge in [-0.1, -0.05) is 6.07 Å². The number of carbonyl (C=O) groups is 2. The summed E-state index contributed by atoms with van der Waals surface area (Å²) in [6.45, 7) is 0.0442. The van der Waals surface area contributed by atoms with Crippen molar-refractivity contribution in [3.63, 3.8) is 0 Å². The first kappa shape index (κ1) is 26.3. The van der Waals surface area contributed by atoms with Crippen LogP contribution in [-0.4, -0.2) is 59.6 Å². The van der Waals surface area contributed by atoms with Gasteiger partial charge in [-0.15, -0.1) is 10.2 Å². The maximum Gasteiger partial charge on any atom is 0.303 e. The molecule has 10 nitrogen and oxygen atoms in total. The smallest absolute Gasteiger partial charge is 0.303 e. The number of aromatic nitrogens is 4. The lowest BCUT2D eigenvalue weighted by atomic mass is 9.80. The summed E-state index contributed by atoms with van der Waals surface area (Å²) in [5.41, 5.74) is 4.26. The molecule has 4 rings (SSSR count). The van der Waals surface area contributed by atoms with Crippen molar-refractivity contribution >= 4 is 17.6 Å². The monoisotopic (exact) mass is 505 g/mol. The number of aliphatic carboxylic acids is 1. The molecular weight excluding hydrogens is 474 g/mol. The highest BCUT2D eigenvalue weighted by Crippen LogP contribution is 2.36. The quantitative estimate of drug-likeness (QED) is 0.343. The van der Waals surface area contributed by atoms with Crippen LogP contribution >= 0.6 is 0 Å². The number of anilines is 1. The minimum absolute atomic E-state index is 0.0442. The van der Waals surface area contributed by atoms with E-state index in [1.54, 1.807) is 18.3 Å². The van der Waals surface area contributed by atoms with Crippen LogP contribution in [0.5, 0.6) is 0 Å². The van der Waals surface area contributed by atoms with E-state index in [9.17, 15) is 19.8 Å². The van der Waals surface area contributed by atoms with E-state index in [1.807, 2.05) is 18.2 Å². The van der Waals surface area contributed by atoms with Gasteiger partial charge in [0, 0.05) is 19.2 Å². The van der Waals surface area contributed by atoms with Gasteiger partial charge in [0.15, 0.2) is 0 Å². The van der Waals surface area contributed by atoms with Gasteiger partial charge >= 0.3 is 5.97 Å². The van der Waals surface area contributed by atoms with E-state index in [0.717, 1.165) is 28.9 Å². The Morgan fingerprint density at radius 3 is 2.35 bits per heavy atom. The van der Waals surface area contributed by atoms with E-state index in [0.29, 0.717) is 55.6 Å². The zero-order chi connectivity index (χ0) is 26.3. The summed E-state index contributed by atoms with van der Waals surface area (Å²) in [7, 11) is 0. The van der Waals surface area contributed by atoms with Crippen LogP contribution in [0.1, 0.15) is 56.1 Å². The zero-order valence-electron chi connectivity index (χ0n) is 20.6. The SMILES string of the molecule is O=C(O)CCC(=O)Nc1ccc(-c2nnc(-c3ccccn3)c3c2CC[C@](O)(CCCO)CCC3)nc1. The van der Waals surface area contributed by atoms with Crippen LogP contribution in [0.15, 0.2) is 42.7 Å². The van der Waals surface area contributed by atoms with Gasteiger partial charge in [-0.05, 0) is 80.3 Å². The van der Waals surface area contributed by atoms with Crippen molar-refractivity contribution in [3.05, 3.63) is 53.9 Å². The van der Waals surface area contributed by atoms with Crippen LogP contribution in [0.4, 0.5) is 5.69 Å². The first-order valence-corrected chi connectivity index (χ1v) is 12.5. The Balaban J connectivity index is 1.66. The van der Waals surface area contributed by atoms with Crippen molar-refractivity contribution in [1.82, 2.24) is 20.2 Å². The molecule has 0 radical (unpaired) electrons. The van der Waals surface area contributed by atoms with Crippen LogP contribution in [0.25, 0.3) is 22.8 Å². The third kappa shape index (κ3) is 6.72. The number of hydrogen-bond donors (Lipinski definition) is 4. The number of nitrogens with zero attached hydrogens (tertiary/aromatic N) is 4. The molecule has 0 saturated carbocycles. The second kappa shape index (κ2) is 12.0. The molecule has 37 heavy (non-hydrogen) atoms. The molecule has 0 fully saturated rings. The molecule has 0 spiro atoms. The normalized spacial score (nSPS) is 17.4. The molecule has 0 bridgehead atoms. The Labute approximate surface area is 214 Å². The minimum Gasteiger partial charge on any atom is -0.481 e. The van der Waals surface area contributed by atoms with Crippen molar-refractivity contribution in [1.29, 1.82) is 0 Å². The third-order valence-electron chi connectivity index (χ3n) is 6.66. The second-order valence-corrected chi connectivity index (χ2v) is 9.35. The first-order chi connectivity index (χ1) is 17.9. The highest BCUT2D eigenvalue weighted by molar-refractivity contribution is 5.92. The molecule has 0 saturated heterocycles. The topological polar surface area (TPSA) is 158 Å². The van der Waals surface area contributed by atoms with Gasteiger partial charge in [0.2, 0.25) is 5.91 Å². The van der Waals surface area contributed by atoms with Crippen LogP contribution in [0, 0.1) is 0 Å². The molecule has 3 aromatic rings. The number of carboxylic acids is 1. The summed E-state index contributed by atoms with van der Waals surface area (Å²) in [5.74, 6) is -1.43. The number of hydrogen-bond acceptors (Lipinski definition) is 8. The van der Waals surface area contributed by atoms with E-state index >= 15 is 0 Å². The van der Waals surface area contributed by atoms with Gasteiger partial charge in [0.1, 0.15) is 11.4 Å². The number of nitrogens with one attached hydrogen (secondary N) is 1. The number of pyridine rings is 2. The molecule has 1 atom stereocenters. The standard InChI is InChI=1S/C27H31N5O5/c33-16-4-13-27(37)12-3-5-19-20(11-14-27)26(32-31-25(19)21-6-1-2-15-28-21)22-8-7-18(17-29-22)30-23(34)9-10-24(35)36/h1-2,6-8,15,17,33,37H,3-5,9-14,16H2,(H,30,34)(H,35,36)/t27-/m1/s1. The highest BCUT2D eigenvalue weighted by Gasteiger charge is 2.31. The van der Waals surface area contributed by atoms with E-state index in [2.05, 4.69) is 25.5 Å². The average Bonchev–Trinajstić information content (AvgIpc) is 2.89. The molecule has 10 heteroatoms. The van der Waals surface area contributed by atoms with Gasteiger partial charge in [0.05, 0.1) is 35.3 Å². The van der Waals surface area contributed by atoms with E-state index in [4.69, 9.17) is 5.11 Å². The highest BCUT2D eigenvalue weighted by atomic mass is 16.4. The Bertz CT molecular complexity index is 1240. The van der Waals surface area contributed by atoms with Gasteiger partial charge in [-0.3, -0.25) is 19.6 Å². The van der Waals surface area contributed by atoms with Gasteiger partial charge in [-0.25, -0.2) is 0 Å². The number of aliphatic hydroxyl groups excluding tert-OH is 1. The predicted molar refractivity (Wildman–Crippen MR) is 137 cm³/mol. The van der Waals surface area contributed by atoms with Crippen molar-refractivity contribution in [3.8, 4) is 22.8 Å². The third-order valence-corrected chi connectivity index (χ3v) is 6.66.